The summed E-state index contributed by atoms with van der Waals surface area (Å²) in [5.41, 5.74) is 9.16. The van der Waals surface area contributed by atoms with E-state index in [0.717, 1.165) is 43.0 Å². The first kappa shape index (κ1) is 26.2. The number of carbonyl (C=O) groups excluding carboxylic acids is 2. The topological polar surface area (TPSA) is 116 Å². The first-order chi connectivity index (χ1) is 18.2. The van der Waals surface area contributed by atoms with Gasteiger partial charge in [0, 0.05) is 49.4 Å². The second-order valence-electron chi connectivity index (χ2n) is 9.85. The minimum Gasteiger partial charge on any atom is -0.382 e. The number of anilines is 3. The Kier molecular flexibility index (Phi) is 7.43. The first-order valence-electron chi connectivity index (χ1n) is 12.5. The smallest absolute Gasteiger partial charge is 0.328 e. The lowest BCUT2D eigenvalue weighted by Gasteiger charge is -2.41. The summed E-state index contributed by atoms with van der Waals surface area (Å²) in [5.74, 6) is 0.788. The fourth-order valence-electron chi connectivity index (χ4n) is 4.87. The third kappa shape index (κ3) is 5.41. The molecule has 0 aliphatic carbocycles. The highest BCUT2D eigenvalue weighted by molar-refractivity contribution is 6.43. The highest BCUT2D eigenvalue weighted by atomic mass is 35.5. The van der Waals surface area contributed by atoms with Crippen LogP contribution >= 0.6 is 23.2 Å². The monoisotopic (exact) mass is 553 g/mol. The van der Waals surface area contributed by atoms with E-state index >= 15 is 0 Å². The van der Waals surface area contributed by atoms with Crippen molar-refractivity contribution in [1.82, 2.24) is 20.6 Å². The minimum absolute atomic E-state index is 0.100. The van der Waals surface area contributed by atoms with E-state index in [1.54, 1.807) is 23.2 Å². The molecule has 11 heteroatoms. The van der Waals surface area contributed by atoms with Gasteiger partial charge >= 0.3 is 6.03 Å². The van der Waals surface area contributed by atoms with Crippen LogP contribution in [-0.2, 0) is 11.3 Å². The van der Waals surface area contributed by atoms with Gasteiger partial charge in [-0.2, -0.15) is 0 Å². The number of nitrogens with zero attached hydrogens (tertiary/aromatic N) is 4. The van der Waals surface area contributed by atoms with Crippen LogP contribution in [0.25, 0.3) is 11.3 Å². The number of para-hydroxylation sites is 1. The molecule has 2 aliphatic rings. The molecule has 38 heavy (non-hydrogen) atoms. The number of carbonyl (C=O) groups is 2. The summed E-state index contributed by atoms with van der Waals surface area (Å²) in [6, 6.07) is 12.8. The number of hydrogen-bond acceptors (Lipinski definition) is 7. The molecule has 0 atom stereocenters. The molecular formula is C27H29Cl2N7O2. The molecule has 4 N–H and O–H groups in total. The number of amides is 3. The van der Waals surface area contributed by atoms with Crippen LogP contribution in [0.2, 0.25) is 10.0 Å². The van der Waals surface area contributed by atoms with E-state index in [1.807, 2.05) is 30.3 Å². The zero-order chi connectivity index (χ0) is 26.9. The predicted molar refractivity (Wildman–Crippen MR) is 151 cm³/mol. The number of urea groups is 1. The fraction of sp³-hybridized carbons (Fsp3) is 0.333. The standard InChI is InChI=1S/C27H29Cl2N7O2/c1-27(32-15-17-5-2-3-8-20(17)36-12-9-22(37)34-26(36)38)10-13-35(14-11-27)21-16-31-24(25(30)33-21)18-6-4-7-19(28)23(18)29/h2-8,16,32H,9-15H2,1H3,(H2,30,33)(H,34,37,38). The summed E-state index contributed by atoms with van der Waals surface area (Å²) in [6.45, 7) is 4.76. The molecule has 2 fully saturated rings. The normalized spacial score (nSPS) is 17.4. The number of aromatic nitrogens is 2. The Hall–Kier alpha value is -3.40. The SMILES string of the molecule is CC1(NCc2ccccc2N2CCC(=O)NC2=O)CCN(c2cnc(-c3cccc(Cl)c3Cl)c(N)n2)CC1. The van der Waals surface area contributed by atoms with Crippen LogP contribution in [0.5, 0.6) is 0 Å². The quantitative estimate of drug-likeness (QED) is 0.407. The zero-order valence-corrected chi connectivity index (χ0v) is 22.5. The molecule has 0 radical (unpaired) electrons. The molecule has 198 valence electrons. The van der Waals surface area contributed by atoms with Gasteiger partial charge < -0.3 is 16.0 Å². The van der Waals surface area contributed by atoms with Crippen LogP contribution < -0.4 is 26.2 Å². The van der Waals surface area contributed by atoms with Crippen LogP contribution in [0.1, 0.15) is 31.7 Å². The van der Waals surface area contributed by atoms with Gasteiger partial charge in [-0.15, -0.1) is 0 Å². The molecule has 2 aromatic carbocycles. The van der Waals surface area contributed by atoms with Gasteiger partial charge in [0.05, 0.1) is 16.2 Å². The van der Waals surface area contributed by atoms with Crippen LogP contribution in [-0.4, -0.2) is 47.1 Å². The number of rotatable bonds is 6. The van der Waals surface area contributed by atoms with Crippen molar-refractivity contribution >= 4 is 52.5 Å². The first-order valence-corrected chi connectivity index (χ1v) is 13.3. The van der Waals surface area contributed by atoms with E-state index < -0.39 is 0 Å². The molecule has 0 bridgehead atoms. The van der Waals surface area contributed by atoms with Crippen molar-refractivity contribution in [2.45, 2.75) is 38.3 Å². The van der Waals surface area contributed by atoms with Gasteiger partial charge in [-0.25, -0.2) is 14.8 Å². The lowest BCUT2D eigenvalue weighted by Crippen LogP contribution is -2.52. The van der Waals surface area contributed by atoms with Gasteiger partial charge in [0.15, 0.2) is 5.82 Å². The van der Waals surface area contributed by atoms with Gasteiger partial charge in [-0.05, 0) is 37.5 Å². The molecule has 2 saturated heterocycles. The van der Waals surface area contributed by atoms with Crippen molar-refractivity contribution in [1.29, 1.82) is 0 Å². The molecule has 2 aliphatic heterocycles. The summed E-state index contributed by atoms with van der Waals surface area (Å²) in [4.78, 5) is 36.9. The van der Waals surface area contributed by atoms with Crippen molar-refractivity contribution in [3.8, 4) is 11.3 Å². The largest absolute Gasteiger partial charge is 0.382 e. The molecule has 9 nitrogen and oxygen atoms in total. The van der Waals surface area contributed by atoms with Crippen molar-refractivity contribution in [2.24, 2.45) is 0 Å². The number of nitrogen functional groups attached to an aromatic ring is 1. The number of hydrogen-bond donors (Lipinski definition) is 3. The van der Waals surface area contributed by atoms with Crippen LogP contribution in [0, 0.1) is 0 Å². The Morgan fingerprint density at radius 2 is 1.84 bits per heavy atom. The Morgan fingerprint density at radius 1 is 1.08 bits per heavy atom. The van der Waals surface area contributed by atoms with Crippen molar-refractivity contribution in [3.05, 3.63) is 64.3 Å². The highest BCUT2D eigenvalue weighted by Gasteiger charge is 2.31. The zero-order valence-electron chi connectivity index (χ0n) is 21.0. The molecule has 1 aromatic heterocycles. The maximum absolute atomic E-state index is 12.4. The summed E-state index contributed by atoms with van der Waals surface area (Å²) in [5, 5.41) is 6.94. The molecule has 3 heterocycles. The van der Waals surface area contributed by atoms with E-state index in [0.29, 0.717) is 46.6 Å². The summed E-state index contributed by atoms with van der Waals surface area (Å²) < 4.78 is 0. The third-order valence-corrected chi connectivity index (χ3v) is 8.05. The van der Waals surface area contributed by atoms with Crippen LogP contribution in [0.3, 0.4) is 0 Å². The molecule has 0 saturated carbocycles. The summed E-state index contributed by atoms with van der Waals surface area (Å²) in [7, 11) is 0. The highest BCUT2D eigenvalue weighted by Crippen LogP contribution is 2.35. The Morgan fingerprint density at radius 3 is 2.58 bits per heavy atom. The van der Waals surface area contributed by atoms with Crippen molar-refractivity contribution < 1.29 is 9.59 Å². The predicted octanol–water partition coefficient (Wildman–Crippen LogP) is 4.63. The number of nitrogens with one attached hydrogen (secondary N) is 2. The van der Waals surface area contributed by atoms with Crippen LogP contribution in [0.15, 0.2) is 48.7 Å². The van der Waals surface area contributed by atoms with E-state index in [1.165, 1.54) is 0 Å². The molecule has 3 amide bonds. The second-order valence-corrected chi connectivity index (χ2v) is 10.6. The van der Waals surface area contributed by atoms with Gasteiger partial charge in [-0.3, -0.25) is 15.0 Å². The maximum atomic E-state index is 12.4. The van der Waals surface area contributed by atoms with Gasteiger partial charge in [0.2, 0.25) is 5.91 Å². The molecule has 0 unspecified atom stereocenters. The van der Waals surface area contributed by atoms with Gasteiger partial charge in [0.25, 0.3) is 0 Å². The third-order valence-electron chi connectivity index (χ3n) is 7.23. The van der Waals surface area contributed by atoms with Gasteiger partial charge in [-0.1, -0.05) is 53.5 Å². The van der Waals surface area contributed by atoms with E-state index in [4.69, 9.17) is 28.9 Å². The minimum atomic E-state index is -0.378. The molecule has 5 rings (SSSR count). The van der Waals surface area contributed by atoms with Crippen LogP contribution in [0.4, 0.5) is 22.1 Å². The molecule has 0 spiro atoms. The Labute approximate surface area is 231 Å². The summed E-state index contributed by atoms with van der Waals surface area (Å²) in [6.07, 6.45) is 3.79. The van der Waals surface area contributed by atoms with E-state index in [2.05, 4.69) is 32.4 Å². The average Bonchev–Trinajstić information content (AvgIpc) is 2.90. The lowest BCUT2D eigenvalue weighted by atomic mass is 9.89. The number of benzene rings is 2. The Balaban J connectivity index is 1.23. The maximum Gasteiger partial charge on any atom is 0.328 e. The van der Waals surface area contributed by atoms with E-state index in [-0.39, 0.29) is 17.5 Å². The van der Waals surface area contributed by atoms with Crippen molar-refractivity contribution in [2.75, 3.05) is 35.2 Å². The molecular weight excluding hydrogens is 525 g/mol. The number of piperidine rings is 1. The van der Waals surface area contributed by atoms with Gasteiger partial charge in [0.1, 0.15) is 11.5 Å². The number of imide groups is 1. The fourth-order valence-corrected chi connectivity index (χ4v) is 5.26. The number of nitrogens with two attached hydrogens (primary N) is 1. The summed E-state index contributed by atoms with van der Waals surface area (Å²) >= 11 is 12.5. The Bertz CT molecular complexity index is 1380. The van der Waals surface area contributed by atoms with E-state index in [9.17, 15) is 9.59 Å². The van der Waals surface area contributed by atoms with Crippen molar-refractivity contribution in [3.63, 3.8) is 0 Å². The molecule has 3 aromatic rings. The lowest BCUT2D eigenvalue weighted by molar-refractivity contribution is -0.120. The average molecular weight is 554 g/mol. The second kappa shape index (κ2) is 10.8. The number of halogens is 2.